The molecule has 0 spiro atoms. The zero-order chi connectivity index (χ0) is 19.1. The quantitative estimate of drug-likeness (QED) is 0.542. The predicted molar refractivity (Wildman–Crippen MR) is 107 cm³/mol. The molecule has 0 aromatic heterocycles. The normalized spacial score (nSPS) is 10.5. The highest BCUT2D eigenvalue weighted by molar-refractivity contribution is 6.18. The Bertz CT molecular complexity index is 684. The number of hydrogen-bond donors (Lipinski definition) is 0. The Kier molecular flexibility index (Phi) is 7.73. The Hall–Kier alpha value is -1.78. The van der Waals surface area contributed by atoms with E-state index in [1.165, 1.54) is 0 Å². The van der Waals surface area contributed by atoms with Crippen LogP contribution in [0, 0.1) is 13.8 Å². The second-order valence-electron chi connectivity index (χ2n) is 5.71. The molecule has 0 N–H and O–H groups in total. The van der Waals surface area contributed by atoms with Crippen molar-refractivity contribution in [1.82, 2.24) is 0 Å². The minimum atomic E-state index is 0.407. The van der Waals surface area contributed by atoms with Gasteiger partial charge in [0.25, 0.3) is 0 Å². The fourth-order valence-electron chi connectivity index (χ4n) is 2.75. The number of aryl methyl sites for hydroxylation is 2. The molecule has 0 atom stereocenters. The Morgan fingerprint density at radius 1 is 0.654 bits per heavy atom. The van der Waals surface area contributed by atoms with Gasteiger partial charge >= 0.3 is 0 Å². The number of hydrogen-bond acceptors (Lipinski definition) is 4. The molecule has 0 aliphatic rings. The minimum absolute atomic E-state index is 0.407. The van der Waals surface area contributed by atoms with Crippen LogP contribution in [0.5, 0.6) is 23.0 Å². The van der Waals surface area contributed by atoms with E-state index in [1.54, 1.807) is 14.2 Å². The maximum Gasteiger partial charge on any atom is 0.161 e. The van der Waals surface area contributed by atoms with Crippen LogP contribution >= 0.6 is 23.2 Å². The zero-order valence-corrected chi connectivity index (χ0v) is 17.0. The first-order valence-corrected chi connectivity index (χ1v) is 9.37. The molecule has 0 saturated heterocycles. The van der Waals surface area contributed by atoms with Gasteiger partial charge in [0.05, 0.1) is 26.0 Å². The average molecular weight is 399 g/mol. The lowest BCUT2D eigenvalue weighted by molar-refractivity contribution is 0.312. The van der Waals surface area contributed by atoms with Crippen LogP contribution in [-0.4, -0.2) is 39.2 Å². The molecule has 2 rings (SSSR count). The van der Waals surface area contributed by atoms with E-state index in [4.69, 9.17) is 42.1 Å². The van der Waals surface area contributed by atoms with Crippen LogP contribution in [0.15, 0.2) is 24.3 Å². The summed E-state index contributed by atoms with van der Waals surface area (Å²) in [5.74, 6) is 3.50. The number of rotatable bonds is 9. The largest absolute Gasteiger partial charge is 0.493 e. The van der Waals surface area contributed by atoms with Crippen molar-refractivity contribution < 1.29 is 18.9 Å². The number of ether oxygens (including phenoxy) is 4. The Morgan fingerprint density at radius 3 is 1.35 bits per heavy atom. The van der Waals surface area contributed by atoms with Gasteiger partial charge in [0.1, 0.15) is 13.2 Å². The van der Waals surface area contributed by atoms with Gasteiger partial charge in [-0.25, -0.2) is 0 Å². The molecule has 6 heteroatoms. The van der Waals surface area contributed by atoms with Crippen LogP contribution in [0.25, 0.3) is 11.1 Å². The molecule has 142 valence electrons. The Labute approximate surface area is 164 Å². The molecule has 2 aromatic rings. The Balaban J connectivity index is 2.55. The highest BCUT2D eigenvalue weighted by Crippen LogP contribution is 2.40. The maximum absolute atomic E-state index is 5.76. The van der Waals surface area contributed by atoms with Crippen LogP contribution in [0.1, 0.15) is 11.1 Å². The fourth-order valence-corrected chi connectivity index (χ4v) is 2.90. The highest BCUT2D eigenvalue weighted by Gasteiger charge is 2.16. The molecule has 0 aliphatic heterocycles. The van der Waals surface area contributed by atoms with Crippen LogP contribution in [0.3, 0.4) is 0 Å². The van der Waals surface area contributed by atoms with Crippen molar-refractivity contribution >= 4 is 23.2 Å². The third-order valence-corrected chi connectivity index (χ3v) is 4.29. The lowest BCUT2D eigenvalue weighted by Gasteiger charge is -2.18. The first-order chi connectivity index (χ1) is 12.5. The molecular formula is C20H24Cl2O4. The molecule has 0 radical (unpaired) electrons. The summed E-state index contributed by atoms with van der Waals surface area (Å²) < 4.78 is 22.3. The summed E-state index contributed by atoms with van der Waals surface area (Å²) in [6.45, 7) is 4.89. The second kappa shape index (κ2) is 9.79. The third kappa shape index (κ3) is 4.68. The van der Waals surface area contributed by atoms with Gasteiger partial charge in [0.2, 0.25) is 0 Å². The number of methoxy groups -OCH3 is 2. The molecule has 0 bridgehead atoms. The summed E-state index contributed by atoms with van der Waals surface area (Å²) in [5, 5.41) is 0. The van der Waals surface area contributed by atoms with Crippen LogP contribution in [-0.2, 0) is 0 Å². The van der Waals surface area contributed by atoms with Crippen molar-refractivity contribution in [3.63, 3.8) is 0 Å². The molecule has 0 aliphatic carbocycles. The van der Waals surface area contributed by atoms with Gasteiger partial charge < -0.3 is 18.9 Å². The van der Waals surface area contributed by atoms with E-state index in [2.05, 4.69) is 0 Å². The van der Waals surface area contributed by atoms with E-state index in [0.717, 1.165) is 22.3 Å². The summed E-state index contributed by atoms with van der Waals surface area (Å²) in [6.07, 6.45) is 0. The van der Waals surface area contributed by atoms with Crippen molar-refractivity contribution in [2.24, 2.45) is 0 Å². The highest BCUT2D eigenvalue weighted by atomic mass is 35.5. The van der Waals surface area contributed by atoms with E-state index in [0.29, 0.717) is 48.0 Å². The van der Waals surface area contributed by atoms with Crippen molar-refractivity contribution in [2.75, 3.05) is 39.2 Å². The molecule has 0 unspecified atom stereocenters. The zero-order valence-electron chi connectivity index (χ0n) is 15.5. The number of benzene rings is 2. The molecule has 0 fully saturated rings. The van der Waals surface area contributed by atoms with Crippen molar-refractivity contribution in [2.45, 2.75) is 13.8 Å². The van der Waals surface area contributed by atoms with Crippen LogP contribution < -0.4 is 18.9 Å². The standard InChI is InChI=1S/C20H24Cl2O4/c1-13-9-17(23-3)19(25-7-5-21)11-15(13)16-12-20(26-8-6-22)18(24-4)10-14(16)2/h9-12H,5-8H2,1-4H3. The van der Waals surface area contributed by atoms with E-state index < -0.39 is 0 Å². The molecule has 0 heterocycles. The summed E-state index contributed by atoms with van der Waals surface area (Å²) in [6, 6.07) is 7.87. The van der Waals surface area contributed by atoms with Gasteiger partial charge in [0.15, 0.2) is 23.0 Å². The van der Waals surface area contributed by atoms with Gasteiger partial charge in [-0.05, 0) is 60.4 Å². The summed E-state index contributed by atoms with van der Waals surface area (Å²) in [5.41, 5.74) is 4.20. The van der Waals surface area contributed by atoms with Gasteiger partial charge in [0, 0.05) is 0 Å². The van der Waals surface area contributed by atoms with E-state index in [1.807, 2.05) is 38.1 Å². The van der Waals surface area contributed by atoms with Gasteiger partial charge in [-0.3, -0.25) is 0 Å². The van der Waals surface area contributed by atoms with Crippen LogP contribution in [0.2, 0.25) is 0 Å². The molecule has 2 aromatic carbocycles. The first-order valence-electron chi connectivity index (χ1n) is 8.30. The molecule has 0 saturated carbocycles. The average Bonchev–Trinajstić information content (AvgIpc) is 2.65. The van der Waals surface area contributed by atoms with E-state index in [-0.39, 0.29) is 0 Å². The van der Waals surface area contributed by atoms with Crippen molar-refractivity contribution in [3.05, 3.63) is 35.4 Å². The maximum atomic E-state index is 5.76. The second-order valence-corrected chi connectivity index (χ2v) is 6.47. The van der Waals surface area contributed by atoms with Gasteiger partial charge in [-0.1, -0.05) is 0 Å². The lowest BCUT2D eigenvalue weighted by atomic mass is 9.95. The third-order valence-electron chi connectivity index (χ3n) is 3.98. The lowest BCUT2D eigenvalue weighted by Crippen LogP contribution is -2.03. The first kappa shape index (κ1) is 20.5. The monoisotopic (exact) mass is 398 g/mol. The molecule has 4 nitrogen and oxygen atoms in total. The molecular weight excluding hydrogens is 375 g/mol. The predicted octanol–water partition coefficient (Wildman–Crippen LogP) is 5.22. The summed E-state index contributed by atoms with van der Waals surface area (Å²) >= 11 is 11.5. The topological polar surface area (TPSA) is 36.9 Å². The smallest absolute Gasteiger partial charge is 0.161 e. The van der Waals surface area contributed by atoms with Gasteiger partial charge in [-0.15, -0.1) is 23.2 Å². The van der Waals surface area contributed by atoms with E-state index in [9.17, 15) is 0 Å². The Morgan fingerprint density at radius 2 is 1.04 bits per heavy atom. The fraction of sp³-hybridized carbons (Fsp3) is 0.400. The number of alkyl halides is 2. The van der Waals surface area contributed by atoms with Crippen molar-refractivity contribution in [1.29, 1.82) is 0 Å². The molecule has 0 amide bonds. The number of halogens is 2. The summed E-state index contributed by atoms with van der Waals surface area (Å²) in [4.78, 5) is 0. The molecule has 26 heavy (non-hydrogen) atoms. The summed E-state index contributed by atoms with van der Waals surface area (Å²) in [7, 11) is 3.25. The van der Waals surface area contributed by atoms with Crippen molar-refractivity contribution in [3.8, 4) is 34.1 Å². The minimum Gasteiger partial charge on any atom is -0.493 e. The van der Waals surface area contributed by atoms with Gasteiger partial charge in [-0.2, -0.15) is 0 Å². The van der Waals surface area contributed by atoms with E-state index >= 15 is 0 Å². The SMILES string of the molecule is COc1cc(C)c(-c2cc(OCCCl)c(OC)cc2C)cc1OCCCl. The van der Waals surface area contributed by atoms with Crippen LogP contribution in [0.4, 0.5) is 0 Å².